The number of carbonyl (C=O) groups excluding carboxylic acids is 1. The summed E-state index contributed by atoms with van der Waals surface area (Å²) in [6.45, 7) is 3.44. The normalized spacial score (nSPS) is 25.0. The van der Waals surface area contributed by atoms with Crippen molar-refractivity contribution >= 4 is 11.7 Å². The minimum absolute atomic E-state index is 0.0231. The molecule has 7 nitrogen and oxygen atoms in total. The highest BCUT2D eigenvalue weighted by Gasteiger charge is 2.50. The predicted molar refractivity (Wildman–Crippen MR) is 93.2 cm³/mol. The first-order valence-corrected chi connectivity index (χ1v) is 8.64. The van der Waals surface area contributed by atoms with Gasteiger partial charge < -0.3 is 9.80 Å². The molecule has 2 aliphatic rings. The van der Waals surface area contributed by atoms with E-state index in [-0.39, 0.29) is 11.3 Å². The number of rotatable bonds is 3. The van der Waals surface area contributed by atoms with E-state index in [4.69, 9.17) is 0 Å². The summed E-state index contributed by atoms with van der Waals surface area (Å²) in [5.74, 6) is 1.61. The second-order valence-corrected chi connectivity index (χ2v) is 7.21. The fourth-order valence-electron chi connectivity index (χ4n) is 4.07. The molecule has 0 atom stereocenters. The van der Waals surface area contributed by atoms with Crippen LogP contribution in [0.5, 0.6) is 0 Å². The Morgan fingerprint density at radius 1 is 1.28 bits per heavy atom. The highest BCUT2D eigenvalue weighted by molar-refractivity contribution is 5.92. The molecular weight excluding hydrogens is 316 g/mol. The molecular formula is C18H22N6O. The van der Waals surface area contributed by atoms with Crippen molar-refractivity contribution in [2.75, 3.05) is 25.0 Å². The molecule has 0 aromatic carbocycles. The van der Waals surface area contributed by atoms with E-state index in [0.717, 1.165) is 38.2 Å². The van der Waals surface area contributed by atoms with Crippen LogP contribution in [-0.4, -0.2) is 56.9 Å². The molecule has 4 rings (SSSR count). The zero-order valence-electron chi connectivity index (χ0n) is 14.6. The molecule has 0 N–H and O–H groups in total. The quantitative estimate of drug-likeness (QED) is 0.848. The SMILES string of the molecule is Cc1nccc(C(=O)N2CCC3(CC(N(C)c4ccncn4)C3)C2)n1. The summed E-state index contributed by atoms with van der Waals surface area (Å²) in [5.41, 5.74) is 0.752. The maximum absolute atomic E-state index is 12.7. The van der Waals surface area contributed by atoms with Gasteiger partial charge in [-0.05, 0) is 43.7 Å². The summed E-state index contributed by atoms with van der Waals surface area (Å²) >= 11 is 0. The van der Waals surface area contributed by atoms with Crippen molar-refractivity contribution in [1.82, 2.24) is 24.8 Å². The van der Waals surface area contributed by atoms with Crippen molar-refractivity contribution in [2.24, 2.45) is 5.41 Å². The van der Waals surface area contributed by atoms with Gasteiger partial charge in [0.1, 0.15) is 23.7 Å². The highest BCUT2D eigenvalue weighted by Crippen LogP contribution is 2.50. The van der Waals surface area contributed by atoms with Crippen LogP contribution in [0.15, 0.2) is 30.9 Å². The van der Waals surface area contributed by atoms with Gasteiger partial charge in [0.25, 0.3) is 5.91 Å². The molecule has 3 heterocycles. The third-order valence-electron chi connectivity index (χ3n) is 5.53. The molecule has 1 amide bonds. The average molecular weight is 338 g/mol. The lowest BCUT2D eigenvalue weighted by molar-refractivity contribution is 0.0693. The standard InChI is InChI=1S/C18H22N6O/c1-13-20-7-3-15(22-13)17(25)24-8-5-18(11-24)9-14(10-18)23(2)16-4-6-19-12-21-16/h3-4,6-7,12,14H,5,8-11H2,1-2H3. The van der Waals surface area contributed by atoms with Gasteiger partial charge in [0, 0.05) is 38.6 Å². The van der Waals surface area contributed by atoms with E-state index >= 15 is 0 Å². The van der Waals surface area contributed by atoms with Crippen LogP contribution < -0.4 is 4.90 Å². The maximum atomic E-state index is 12.7. The Morgan fingerprint density at radius 2 is 2.12 bits per heavy atom. The number of carbonyl (C=O) groups is 1. The second-order valence-electron chi connectivity index (χ2n) is 7.21. The summed E-state index contributed by atoms with van der Waals surface area (Å²) < 4.78 is 0. The summed E-state index contributed by atoms with van der Waals surface area (Å²) in [5, 5.41) is 0. The molecule has 7 heteroatoms. The summed E-state index contributed by atoms with van der Waals surface area (Å²) in [6.07, 6.45) is 8.27. The predicted octanol–water partition coefficient (Wildman–Crippen LogP) is 1.71. The zero-order chi connectivity index (χ0) is 17.4. The first-order chi connectivity index (χ1) is 12.1. The lowest BCUT2D eigenvalue weighted by Gasteiger charge is -2.49. The van der Waals surface area contributed by atoms with Gasteiger partial charge in [-0.1, -0.05) is 0 Å². The maximum Gasteiger partial charge on any atom is 0.272 e. The molecule has 0 bridgehead atoms. The number of likely N-dealkylation sites (tertiary alicyclic amines) is 1. The minimum atomic E-state index is 0.0231. The van der Waals surface area contributed by atoms with Crippen molar-refractivity contribution in [2.45, 2.75) is 32.2 Å². The Morgan fingerprint density at radius 3 is 2.84 bits per heavy atom. The van der Waals surface area contributed by atoms with Crippen LogP contribution in [0.3, 0.4) is 0 Å². The third-order valence-corrected chi connectivity index (χ3v) is 5.53. The molecule has 0 unspecified atom stereocenters. The van der Waals surface area contributed by atoms with Crippen molar-refractivity contribution in [3.8, 4) is 0 Å². The monoisotopic (exact) mass is 338 g/mol. The van der Waals surface area contributed by atoms with Gasteiger partial charge >= 0.3 is 0 Å². The number of hydrogen-bond donors (Lipinski definition) is 0. The van der Waals surface area contributed by atoms with Crippen LogP contribution in [0.2, 0.25) is 0 Å². The molecule has 1 saturated carbocycles. The molecule has 2 aromatic heterocycles. The zero-order valence-corrected chi connectivity index (χ0v) is 14.6. The van der Waals surface area contributed by atoms with Crippen LogP contribution in [0.1, 0.15) is 35.6 Å². The number of amides is 1. The number of nitrogens with zero attached hydrogens (tertiary/aromatic N) is 6. The lowest BCUT2D eigenvalue weighted by atomic mass is 9.64. The van der Waals surface area contributed by atoms with Crippen molar-refractivity contribution < 1.29 is 4.79 Å². The molecule has 2 fully saturated rings. The van der Waals surface area contributed by atoms with Gasteiger partial charge in [-0.2, -0.15) is 0 Å². The molecule has 2 aromatic rings. The van der Waals surface area contributed by atoms with Crippen molar-refractivity contribution in [1.29, 1.82) is 0 Å². The number of anilines is 1. The summed E-state index contributed by atoms with van der Waals surface area (Å²) in [6, 6.07) is 4.12. The number of aromatic nitrogens is 4. The molecule has 1 aliphatic carbocycles. The smallest absolute Gasteiger partial charge is 0.272 e. The minimum Gasteiger partial charge on any atom is -0.357 e. The molecule has 25 heavy (non-hydrogen) atoms. The Balaban J connectivity index is 1.38. The first-order valence-electron chi connectivity index (χ1n) is 8.64. The average Bonchev–Trinajstić information content (AvgIpc) is 3.06. The van der Waals surface area contributed by atoms with Gasteiger partial charge in [0.05, 0.1) is 0 Å². The van der Waals surface area contributed by atoms with Gasteiger partial charge in [0.2, 0.25) is 0 Å². The number of aryl methyl sites for hydroxylation is 1. The largest absolute Gasteiger partial charge is 0.357 e. The van der Waals surface area contributed by atoms with E-state index in [1.807, 2.05) is 17.9 Å². The van der Waals surface area contributed by atoms with E-state index in [1.54, 1.807) is 24.8 Å². The van der Waals surface area contributed by atoms with Gasteiger partial charge in [-0.15, -0.1) is 0 Å². The van der Waals surface area contributed by atoms with Crippen LogP contribution in [0.25, 0.3) is 0 Å². The van der Waals surface area contributed by atoms with E-state index in [1.165, 1.54) is 0 Å². The van der Waals surface area contributed by atoms with E-state index in [2.05, 4.69) is 31.9 Å². The van der Waals surface area contributed by atoms with E-state index in [0.29, 0.717) is 17.6 Å². The first kappa shape index (κ1) is 15.9. The second kappa shape index (κ2) is 6.06. The third kappa shape index (κ3) is 2.94. The Kier molecular flexibility index (Phi) is 3.86. The number of hydrogen-bond acceptors (Lipinski definition) is 6. The van der Waals surface area contributed by atoms with Crippen LogP contribution in [0.4, 0.5) is 5.82 Å². The van der Waals surface area contributed by atoms with Gasteiger partial charge in [-0.25, -0.2) is 19.9 Å². The fourth-order valence-corrected chi connectivity index (χ4v) is 4.07. The molecule has 1 aliphatic heterocycles. The molecule has 0 radical (unpaired) electrons. The van der Waals surface area contributed by atoms with E-state index in [9.17, 15) is 4.79 Å². The van der Waals surface area contributed by atoms with Crippen LogP contribution >= 0.6 is 0 Å². The van der Waals surface area contributed by atoms with Gasteiger partial charge in [-0.3, -0.25) is 4.79 Å². The van der Waals surface area contributed by atoms with E-state index < -0.39 is 0 Å². The van der Waals surface area contributed by atoms with Gasteiger partial charge in [0.15, 0.2) is 0 Å². The topological polar surface area (TPSA) is 75.1 Å². The Bertz CT molecular complexity index is 774. The van der Waals surface area contributed by atoms with Crippen LogP contribution in [0, 0.1) is 12.3 Å². The summed E-state index contributed by atoms with van der Waals surface area (Å²) in [4.78, 5) is 33.5. The molecule has 1 spiro atoms. The van der Waals surface area contributed by atoms with Crippen molar-refractivity contribution in [3.63, 3.8) is 0 Å². The lowest BCUT2D eigenvalue weighted by Crippen LogP contribution is -2.51. The van der Waals surface area contributed by atoms with Crippen molar-refractivity contribution in [3.05, 3.63) is 42.4 Å². The Labute approximate surface area is 147 Å². The fraction of sp³-hybridized carbons (Fsp3) is 0.500. The molecule has 130 valence electrons. The summed E-state index contributed by atoms with van der Waals surface area (Å²) in [7, 11) is 2.08. The molecule has 1 saturated heterocycles. The van der Waals surface area contributed by atoms with Crippen LogP contribution in [-0.2, 0) is 0 Å². The Hall–Kier alpha value is -2.57. The highest BCUT2D eigenvalue weighted by atomic mass is 16.2.